The van der Waals surface area contributed by atoms with Gasteiger partial charge in [0.25, 0.3) is 0 Å². The van der Waals surface area contributed by atoms with Crippen LogP contribution in [-0.2, 0) is 16.6 Å². The van der Waals surface area contributed by atoms with E-state index in [1.807, 2.05) is 18.2 Å². The Labute approximate surface area is 207 Å². The van der Waals surface area contributed by atoms with E-state index >= 15 is 0 Å². The number of ether oxygens (including phenoxy) is 1. The molecule has 3 N–H and O–H groups in total. The maximum absolute atomic E-state index is 13.7. The number of halogens is 3. The lowest BCUT2D eigenvalue weighted by Crippen LogP contribution is -2.52. The molecule has 0 bridgehead atoms. The maximum atomic E-state index is 13.7. The number of alkyl halides is 2. The molecule has 1 heterocycles. The van der Waals surface area contributed by atoms with Crippen LogP contribution in [0.3, 0.4) is 0 Å². The quantitative estimate of drug-likeness (QED) is 0.536. The molecule has 2 saturated carbocycles. The van der Waals surface area contributed by atoms with Crippen LogP contribution in [0.2, 0.25) is 5.02 Å². The van der Waals surface area contributed by atoms with Crippen LogP contribution in [0.25, 0.3) is 0 Å². The molecule has 0 amide bonds. The fourth-order valence-corrected chi connectivity index (χ4v) is 6.58. The largest absolute Gasteiger partial charge is 0.387 e. The molecule has 184 valence electrons. The molecule has 34 heavy (non-hydrogen) atoms. The second-order valence-electron chi connectivity index (χ2n) is 9.97. The highest BCUT2D eigenvalue weighted by molar-refractivity contribution is 7.99. The van der Waals surface area contributed by atoms with E-state index in [2.05, 4.69) is 12.1 Å². The van der Waals surface area contributed by atoms with Crippen molar-refractivity contribution in [1.82, 2.24) is 0 Å². The van der Waals surface area contributed by atoms with Gasteiger partial charge < -0.3 is 20.1 Å². The minimum Gasteiger partial charge on any atom is -0.387 e. The second kappa shape index (κ2) is 9.02. The Morgan fingerprint density at radius 3 is 2.41 bits per heavy atom. The van der Waals surface area contributed by atoms with Crippen molar-refractivity contribution in [1.29, 1.82) is 0 Å². The van der Waals surface area contributed by atoms with E-state index in [-0.39, 0.29) is 24.2 Å². The number of thioether (sulfide) groups is 1. The van der Waals surface area contributed by atoms with Gasteiger partial charge in [0, 0.05) is 17.9 Å². The summed E-state index contributed by atoms with van der Waals surface area (Å²) in [5.74, 6) is -2.44. The lowest BCUT2D eigenvalue weighted by Gasteiger charge is -2.40. The Morgan fingerprint density at radius 1 is 1.00 bits per heavy atom. The number of hydrogen-bond donors (Lipinski definition) is 3. The summed E-state index contributed by atoms with van der Waals surface area (Å²) < 4.78 is 33.3. The molecule has 4 nitrogen and oxygen atoms in total. The molecule has 5 rings (SSSR count). The van der Waals surface area contributed by atoms with Crippen LogP contribution < -0.4 is 0 Å². The molecule has 1 saturated heterocycles. The van der Waals surface area contributed by atoms with Crippen molar-refractivity contribution in [2.24, 2.45) is 5.92 Å². The van der Waals surface area contributed by atoms with Crippen LogP contribution in [0.1, 0.15) is 54.0 Å². The summed E-state index contributed by atoms with van der Waals surface area (Å²) in [6.45, 7) is 0. The SMILES string of the molecule is CS[C@H]1OC(c2ccc(Cl)c(Cc3ccc([C@@]45CCC(F)(F)C[C@@H]4C5)cc3)c2)[C@H](O)[C@@H](O)[C@@H]1O. The van der Waals surface area contributed by atoms with Crippen LogP contribution in [-0.4, -0.2) is 51.2 Å². The molecule has 0 aromatic heterocycles. The highest BCUT2D eigenvalue weighted by Crippen LogP contribution is 2.65. The van der Waals surface area contributed by atoms with Gasteiger partial charge in [-0.25, -0.2) is 8.78 Å². The van der Waals surface area contributed by atoms with Crippen molar-refractivity contribution in [3.05, 3.63) is 69.7 Å². The summed E-state index contributed by atoms with van der Waals surface area (Å²) in [5.41, 5.74) is 2.98. The van der Waals surface area contributed by atoms with Crippen molar-refractivity contribution >= 4 is 23.4 Å². The molecule has 2 aliphatic carbocycles. The predicted octanol–water partition coefficient (Wildman–Crippen LogP) is 4.85. The third kappa shape index (κ3) is 4.40. The third-order valence-corrected chi connectivity index (χ3v) is 9.06. The first-order chi connectivity index (χ1) is 16.1. The number of benzene rings is 2. The smallest absolute Gasteiger partial charge is 0.248 e. The van der Waals surface area contributed by atoms with Crippen molar-refractivity contribution < 1.29 is 28.8 Å². The first kappa shape index (κ1) is 24.5. The van der Waals surface area contributed by atoms with Gasteiger partial charge in [0.05, 0.1) is 0 Å². The molecule has 1 unspecified atom stereocenters. The summed E-state index contributed by atoms with van der Waals surface area (Å²) >= 11 is 7.74. The highest BCUT2D eigenvalue weighted by atomic mass is 35.5. The topological polar surface area (TPSA) is 69.9 Å². The van der Waals surface area contributed by atoms with Gasteiger partial charge in [0.15, 0.2) is 0 Å². The number of fused-ring (bicyclic) bond motifs is 1. The van der Waals surface area contributed by atoms with E-state index in [9.17, 15) is 24.1 Å². The predicted molar refractivity (Wildman–Crippen MR) is 128 cm³/mol. The van der Waals surface area contributed by atoms with E-state index in [4.69, 9.17) is 16.3 Å². The van der Waals surface area contributed by atoms with Gasteiger partial charge in [-0.2, -0.15) is 0 Å². The summed E-state index contributed by atoms with van der Waals surface area (Å²) in [6, 6.07) is 13.6. The van der Waals surface area contributed by atoms with Crippen LogP contribution in [0, 0.1) is 5.92 Å². The molecule has 7 atom stereocenters. The standard InChI is InChI=1S/C26H29ClF2O4S/c1-34-24-22(32)20(30)21(31)23(33-24)15-4-7-19(27)16(11-15)10-14-2-5-17(6-3-14)25-8-9-26(28,29)13-18(25)12-25/h2-7,11,18,20-24,30-32H,8-10,12-13H2,1H3/t18-,20+,21+,22-,23?,24+,25-/m0/s1. The monoisotopic (exact) mass is 510 g/mol. The Balaban J connectivity index is 1.32. The Bertz CT molecular complexity index is 1050. The summed E-state index contributed by atoms with van der Waals surface area (Å²) in [4.78, 5) is 0. The van der Waals surface area contributed by atoms with Gasteiger partial charge in [0.2, 0.25) is 5.92 Å². The molecule has 2 aromatic rings. The van der Waals surface area contributed by atoms with Gasteiger partial charge in [-0.1, -0.05) is 48.0 Å². The fourth-order valence-electron chi connectivity index (χ4n) is 5.72. The molecule has 1 aliphatic heterocycles. The lowest BCUT2D eigenvalue weighted by molar-refractivity contribution is -0.200. The number of aliphatic hydroxyl groups excluding tert-OH is 3. The van der Waals surface area contributed by atoms with E-state index in [0.717, 1.165) is 23.1 Å². The average Bonchev–Trinajstić information content (AvgIpc) is 3.53. The van der Waals surface area contributed by atoms with Crippen LogP contribution in [0.5, 0.6) is 0 Å². The lowest BCUT2D eigenvalue weighted by atomic mass is 9.81. The Hall–Kier alpha value is -1.22. The van der Waals surface area contributed by atoms with Crippen molar-refractivity contribution in [2.45, 2.75) is 73.3 Å². The van der Waals surface area contributed by atoms with Gasteiger partial charge in [0.1, 0.15) is 29.9 Å². The number of hydrogen-bond acceptors (Lipinski definition) is 5. The van der Waals surface area contributed by atoms with E-state index in [1.54, 1.807) is 18.4 Å². The normalized spacial score (nSPS) is 36.7. The van der Waals surface area contributed by atoms with Crippen molar-refractivity contribution in [3.63, 3.8) is 0 Å². The average molecular weight is 511 g/mol. The molecule has 0 radical (unpaired) electrons. The van der Waals surface area contributed by atoms with Crippen molar-refractivity contribution in [3.8, 4) is 0 Å². The maximum Gasteiger partial charge on any atom is 0.248 e. The molecule has 2 aromatic carbocycles. The van der Waals surface area contributed by atoms with Crippen LogP contribution >= 0.6 is 23.4 Å². The zero-order valence-corrected chi connectivity index (χ0v) is 20.4. The van der Waals surface area contributed by atoms with Gasteiger partial charge in [-0.15, -0.1) is 11.8 Å². The van der Waals surface area contributed by atoms with Gasteiger partial charge in [-0.3, -0.25) is 0 Å². The summed E-state index contributed by atoms with van der Waals surface area (Å²) in [6.07, 6.45) is -0.862. The molecular formula is C26H29ClF2O4S. The minimum atomic E-state index is -2.52. The molecule has 3 fully saturated rings. The zero-order valence-electron chi connectivity index (χ0n) is 18.8. The molecular weight excluding hydrogens is 482 g/mol. The molecule has 3 aliphatic rings. The van der Waals surface area contributed by atoms with E-state index < -0.39 is 35.8 Å². The number of rotatable bonds is 5. The van der Waals surface area contributed by atoms with Crippen LogP contribution in [0.15, 0.2) is 42.5 Å². The number of aliphatic hydroxyl groups is 3. The van der Waals surface area contributed by atoms with Crippen molar-refractivity contribution in [2.75, 3.05) is 6.26 Å². The Morgan fingerprint density at radius 2 is 1.74 bits per heavy atom. The van der Waals surface area contributed by atoms with E-state index in [1.165, 1.54) is 11.8 Å². The fraction of sp³-hybridized carbons (Fsp3) is 0.538. The first-order valence-corrected chi connectivity index (χ1v) is 13.3. The minimum absolute atomic E-state index is 0.00460. The highest BCUT2D eigenvalue weighted by Gasteiger charge is 2.61. The molecule has 0 spiro atoms. The Kier molecular flexibility index (Phi) is 6.49. The van der Waals surface area contributed by atoms with Gasteiger partial charge >= 0.3 is 0 Å². The summed E-state index contributed by atoms with van der Waals surface area (Å²) in [5, 5.41) is 31.5. The van der Waals surface area contributed by atoms with Gasteiger partial charge in [-0.05, 0) is 65.2 Å². The molecule has 8 heteroatoms. The van der Waals surface area contributed by atoms with E-state index in [0.29, 0.717) is 23.4 Å². The third-order valence-electron chi connectivity index (χ3n) is 7.84. The zero-order chi connectivity index (χ0) is 24.3. The van der Waals surface area contributed by atoms with Crippen LogP contribution in [0.4, 0.5) is 8.78 Å². The summed E-state index contributed by atoms with van der Waals surface area (Å²) in [7, 11) is 0. The second-order valence-corrected chi connectivity index (χ2v) is 11.3. The first-order valence-electron chi connectivity index (χ1n) is 11.6.